The van der Waals surface area contributed by atoms with Gasteiger partial charge in [0.05, 0.1) is 0 Å². The van der Waals surface area contributed by atoms with Crippen LogP contribution in [0.15, 0.2) is 6.07 Å². The molecule has 3 heterocycles. The fourth-order valence-corrected chi connectivity index (χ4v) is 3.87. The Bertz CT molecular complexity index is 476. The van der Waals surface area contributed by atoms with E-state index in [4.69, 9.17) is 5.73 Å². The normalized spacial score (nSPS) is 29.3. The molecular weight excluding hydrogens is 262 g/mol. The van der Waals surface area contributed by atoms with E-state index in [1.807, 2.05) is 6.07 Å². The van der Waals surface area contributed by atoms with Gasteiger partial charge in [-0.05, 0) is 39.2 Å². The van der Waals surface area contributed by atoms with E-state index in [2.05, 4.69) is 34.2 Å². The van der Waals surface area contributed by atoms with Crippen molar-refractivity contribution in [3.8, 4) is 0 Å². The van der Waals surface area contributed by atoms with E-state index < -0.39 is 0 Å². The molecule has 0 saturated carbocycles. The fraction of sp³-hybridized carbons (Fsp3) is 0.750. The molecule has 2 aliphatic heterocycles. The quantitative estimate of drug-likeness (QED) is 0.891. The highest BCUT2D eigenvalue weighted by molar-refractivity contribution is 5.45. The summed E-state index contributed by atoms with van der Waals surface area (Å²) in [5.41, 5.74) is 5.91. The summed E-state index contributed by atoms with van der Waals surface area (Å²) < 4.78 is 0. The number of nitrogen functional groups attached to an aromatic ring is 1. The van der Waals surface area contributed by atoms with E-state index in [1.165, 1.54) is 32.1 Å². The summed E-state index contributed by atoms with van der Waals surface area (Å²) in [7, 11) is 2.28. The molecule has 2 saturated heterocycles. The Morgan fingerprint density at radius 2 is 2.00 bits per heavy atom. The zero-order valence-corrected chi connectivity index (χ0v) is 13.2. The van der Waals surface area contributed by atoms with Crippen LogP contribution in [0.2, 0.25) is 0 Å². The lowest BCUT2D eigenvalue weighted by Crippen LogP contribution is -2.52. The van der Waals surface area contributed by atoms with Gasteiger partial charge in [0, 0.05) is 30.6 Å². The molecule has 2 aliphatic rings. The van der Waals surface area contributed by atoms with Crippen LogP contribution in [-0.4, -0.2) is 40.0 Å². The molecule has 1 aromatic rings. The standard InChI is InChI=1S/C16H27N5/c1-3-5-15-19-14(17)10-16(20-15)18-11-8-12-6-4-7-13(9-11)21(12)2/h10-13H,3-9H2,1-2H3,(H3,17,18,19,20). The summed E-state index contributed by atoms with van der Waals surface area (Å²) >= 11 is 0. The van der Waals surface area contributed by atoms with Crippen LogP contribution in [0, 0.1) is 0 Å². The van der Waals surface area contributed by atoms with Gasteiger partial charge in [0.25, 0.3) is 0 Å². The predicted octanol–water partition coefficient (Wildman–Crippen LogP) is 2.44. The van der Waals surface area contributed by atoms with Crippen LogP contribution in [0.4, 0.5) is 11.6 Å². The van der Waals surface area contributed by atoms with E-state index in [0.29, 0.717) is 11.9 Å². The first-order valence-electron chi connectivity index (χ1n) is 8.27. The Kier molecular flexibility index (Phi) is 4.29. The van der Waals surface area contributed by atoms with Crippen LogP contribution >= 0.6 is 0 Å². The van der Waals surface area contributed by atoms with E-state index in [-0.39, 0.29) is 0 Å². The van der Waals surface area contributed by atoms with Crippen LogP contribution in [0.5, 0.6) is 0 Å². The Hall–Kier alpha value is -1.36. The second kappa shape index (κ2) is 6.18. The van der Waals surface area contributed by atoms with Gasteiger partial charge < -0.3 is 16.0 Å². The molecule has 2 fully saturated rings. The zero-order chi connectivity index (χ0) is 14.8. The highest BCUT2D eigenvalue weighted by Gasteiger charge is 2.35. The largest absolute Gasteiger partial charge is 0.384 e. The molecule has 3 rings (SSSR count). The van der Waals surface area contributed by atoms with Crippen molar-refractivity contribution in [3.63, 3.8) is 0 Å². The maximum absolute atomic E-state index is 5.91. The number of hydrogen-bond donors (Lipinski definition) is 2. The first-order chi connectivity index (χ1) is 10.2. The summed E-state index contributed by atoms with van der Waals surface area (Å²) in [6.07, 6.45) is 8.39. The molecule has 2 atom stereocenters. The number of rotatable bonds is 4. The Balaban J connectivity index is 1.69. The maximum atomic E-state index is 5.91. The lowest BCUT2D eigenvalue weighted by atomic mass is 9.82. The van der Waals surface area contributed by atoms with Gasteiger partial charge in [-0.2, -0.15) is 0 Å². The summed E-state index contributed by atoms with van der Waals surface area (Å²) in [4.78, 5) is 11.5. The van der Waals surface area contributed by atoms with Crippen LogP contribution in [0.25, 0.3) is 0 Å². The smallest absolute Gasteiger partial charge is 0.133 e. The topological polar surface area (TPSA) is 67.1 Å². The minimum Gasteiger partial charge on any atom is -0.384 e. The van der Waals surface area contributed by atoms with Gasteiger partial charge >= 0.3 is 0 Å². The number of anilines is 2. The van der Waals surface area contributed by atoms with Gasteiger partial charge in [0.1, 0.15) is 17.5 Å². The molecular formula is C16H27N5. The van der Waals surface area contributed by atoms with Crippen LogP contribution in [-0.2, 0) is 6.42 Å². The molecule has 0 aliphatic carbocycles. The minimum atomic E-state index is 0.514. The van der Waals surface area contributed by atoms with Crippen molar-refractivity contribution in [1.29, 1.82) is 0 Å². The lowest BCUT2D eigenvalue weighted by molar-refractivity contribution is 0.0608. The Morgan fingerprint density at radius 1 is 1.29 bits per heavy atom. The SMILES string of the molecule is CCCc1nc(N)cc(NC2CC3CCCC(C2)N3C)n1. The number of aryl methyl sites for hydroxylation is 1. The van der Waals surface area contributed by atoms with Crippen molar-refractivity contribution in [2.75, 3.05) is 18.1 Å². The molecule has 2 bridgehead atoms. The van der Waals surface area contributed by atoms with Crippen molar-refractivity contribution in [2.45, 2.75) is 70.0 Å². The molecule has 5 nitrogen and oxygen atoms in total. The summed E-state index contributed by atoms with van der Waals surface area (Å²) in [5.74, 6) is 2.33. The molecule has 0 amide bonds. The number of nitrogens with zero attached hydrogens (tertiary/aromatic N) is 3. The Morgan fingerprint density at radius 3 is 2.67 bits per heavy atom. The van der Waals surface area contributed by atoms with Gasteiger partial charge in [-0.3, -0.25) is 0 Å². The van der Waals surface area contributed by atoms with Crippen molar-refractivity contribution in [2.24, 2.45) is 0 Å². The average Bonchev–Trinajstić information content (AvgIpc) is 2.39. The third kappa shape index (κ3) is 3.28. The molecule has 3 N–H and O–H groups in total. The molecule has 5 heteroatoms. The van der Waals surface area contributed by atoms with E-state index in [1.54, 1.807) is 0 Å². The van der Waals surface area contributed by atoms with Crippen molar-refractivity contribution >= 4 is 11.6 Å². The second-order valence-electron chi connectivity index (χ2n) is 6.56. The molecule has 0 aromatic carbocycles. The summed E-state index contributed by atoms with van der Waals surface area (Å²) in [6.45, 7) is 2.14. The van der Waals surface area contributed by atoms with Crippen LogP contribution in [0.1, 0.15) is 51.3 Å². The van der Waals surface area contributed by atoms with Gasteiger partial charge in [0.2, 0.25) is 0 Å². The lowest BCUT2D eigenvalue weighted by Gasteiger charge is -2.47. The predicted molar refractivity (Wildman–Crippen MR) is 86.3 cm³/mol. The molecule has 0 spiro atoms. The first-order valence-corrected chi connectivity index (χ1v) is 8.27. The third-order valence-electron chi connectivity index (χ3n) is 4.96. The van der Waals surface area contributed by atoms with Gasteiger partial charge in [-0.1, -0.05) is 13.3 Å². The third-order valence-corrected chi connectivity index (χ3v) is 4.96. The second-order valence-corrected chi connectivity index (χ2v) is 6.56. The number of fused-ring (bicyclic) bond motifs is 2. The average molecular weight is 289 g/mol. The van der Waals surface area contributed by atoms with Crippen molar-refractivity contribution in [1.82, 2.24) is 14.9 Å². The summed E-state index contributed by atoms with van der Waals surface area (Å²) in [5, 5.41) is 3.61. The Labute approximate surface area is 127 Å². The molecule has 116 valence electrons. The van der Waals surface area contributed by atoms with E-state index in [0.717, 1.165) is 36.6 Å². The van der Waals surface area contributed by atoms with Crippen molar-refractivity contribution in [3.05, 3.63) is 11.9 Å². The van der Waals surface area contributed by atoms with Gasteiger partial charge in [-0.15, -0.1) is 0 Å². The van der Waals surface area contributed by atoms with Crippen LogP contribution < -0.4 is 11.1 Å². The first kappa shape index (κ1) is 14.6. The highest BCUT2D eigenvalue weighted by atomic mass is 15.2. The molecule has 2 unspecified atom stereocenters. The van der Waals surface area contributed by atoms with Crippen molar-refractivity contribution < 1.29 is 0 Å². The maximum Gasteiger partial charge on any atom is 0.133 e. The number of aromatic nitrogens is 2. The molecule has 0 radical (unpaired) electrons. The van der Waals surface area contributed by atoms with E-state index in [9.17, 15) is 0 Å². The van der Waals surface area contributed by atoms with Crippen LogP contribution in [0.3, 0.4) is 0 Å². The number of nitrogens with two attached hydrogens (primary N) is 1. The number of piperidine rings is 2. The minimum absolute atomic E-state index is 0.514. The summed E-state index contributed by atoms with van der Waals surface area (Å²) in [6, 6.07) is 3.83. The fourth-order valence-electron chi connectivity index (χ4n) is 3.87. The number of nitrogens with one attached hydrogen (secondary N) is 1. The molecule has 21 heavy (non-hydrogen) atoms. The zero-order valence-electron chi connectivity index (χ0n) is 13.2. The van der Waals surface area contributed by atoms with Gasteiger partial charge in [-0.25, -0.2) is 9.97 Å². The molecule has 1 aromatic heterocycles. The monoisotopic (exact) mass is 289 g/mol. The number of hydrogen-bond acceptors (Lipinski definition) is 5. The van der Waals surface area contributed by atoms with E-state index >= 15 is 0 Å². The van der Waals surface area contributed by atoms with Gasteiger partial charge in [0.15, 0.2) is 0 Å². The highest BCUT2D eigenvalue weighted by Crippen LogP contribution is 2.33.